The van der Waals surface area contributed by atoms with Gasteiger partial charge in [0, 0.05) is 18.0 Å². The molecule has 0 radical (unpaired) electrons. The summed E-state index contributed by atoms with van der Waals surface area (Å²) in [6, 6.07) is 6.42. The molecule has 0 atom stereocenters. The number of carboxylic acid groups (broad SMARTS) is 1. The number of thioether (sulfide) groups is 1. The second-order valence-corrected chi connectivity index (χ2v) is 10.5. The van der Waals surface area contributed by atoms with Crippen LogP contribution in [0.2, 0.25) is 0 Å². The fraction of sp³-hybridized carbons (Fsp3) is 0.440. The lowest BCUT2D eigenvalue weighted by atomic mass is 10.1. The molecule has 2 aromatic heterocycles. The third-order valence-electron chi connectivity index (χ3n) is 6.05. The second kappa shape index (κ2) is 11.2. The highest BCUT2D eigenvalue weighted by Crippen LogP contribution is 2.35. The largest absolute Gasteiger partial charge is 0.478 e. The Morgan fingerprint density at radius 3 is 2.71 bits per heavy atom. The lowest BCUT2D eigenvalue weighted by Gasteiger charge is -2.12. The van der Waals surface area contributed by atoms with Gasteiger partial charge in [-0.3, -0.25) is 14.2 Å². The Morgan fingerprint density at radius 1 is 1.18 bits per heavy atom. The molecule has 180 valence electrons. The van der Waals surface area contributed by atoms with Gasteiger partial charge >= 0.3 is 5.97 Å². The number of rotatable bonds is 11. The van der Waals surface area contributed by atoms with Crippen molar-refractivity contribution in [2.75, 3.05) is 5.75 Å². The summed E-state index contributed by atoms with van der Waals surface area (Å²) in [5, 5.41) is 13.2. The number of unbranched alkanes of at least 4 members (excludes halogenated alkanes) is 3. The van der Waals surface area contributed by atoms with Crippen LogP contribution >= 0.6 is 23.1 Å². The van der Waals surface area contributed by atoms with Crippen molar-refractivity contribution >= 4 is 45.2 Å². The molecule has 0 fully saturated rings. The maximum Gasteiger partial charge on any atom is 0.335 e. The van der Waals surface area contributed by atoms with Gasteiger partial charge in [-0.05, 0) is 48.9 Å². The van der Waals surface area contributed by atoms with Gasteiger partial charge in [-0.25, -0.2) is 9.78 Å². The monoisotopic (exact) mass is 499 g/mol. The Bertz CT molecular complexity index is 1250. The summed E-state index contributed by atoms with van der Waals surface area (Å²) in [7, 11) is 0. The SMILES string of the molecule is CCCCCCn1c(SCC(=O)NCc2ccc(C(=O)O)cc2)nc2sc3c(c2c1=O)CCC3. The van der Waals surface area contributed by atoms with E-state index in [2.05, 4.69) is 12.2 Å². The van der Waals surface area contributed by atoms with E-state index < -0.39 is 5.97 Å². The van der Waals surface area contributed by atoms with E-state index in [0.717, 1.165) is 60.7 Å². The zero-order valence-corrected chi connectivity index (χ0v) is 20.9. The average molecular weight is 500 g/mol. The smallest absolute Gasteiger partial charge is 0.335 e. The van der Waals surface area contributed by atoms with Gasteiger partial charge in [0.1, 0.15) is 4.83 Å². The molecule has 0 unspecified atom stereocenters. The highest BCUT2D eigenvalue weighted by molar-refractivity contribution is 7.99. The minimum atomic E-state index is -0.979. The number of hydrogen-bond donors (Lipinski definition) is 2. The number of nitrogens with zero attached hydrogens (tertiary/aromatic N) is 2. The van der Waals surface area contributed by atoms with Gasteiger partial charge < -0.3 is 10.4 Å². The van der Waals surface area contributed by atoms with Crippen molar-refractivity contribution in [3.8, 4) is 0 Å². The third kappa shape index (κ3) is 5.52. The molecular weight excluding hydrogens is 470 g/mol. The zero-order valence-electron chi connectivity index (χ0n) is 19.3. The molecule has 0 spiro atoms. The molecule has 1 amide bonds. The van der Waals surface area contributed by atoms with E-state index >= 15 is 0 Å². The van der Waals surface area contributed by atoms with Crippen LogP contribution in [0.3, 0.4) is 0 Å². The molecule has 1 aliphatic carbocycles. The Morgan fingerprint density at radius 2 is 1.97 bits per heavy atom. The topological polar surface area (TPSA) is 101 Å². The van der Waals surface area contributed by atoms with Gasteiger partial charge in [0.15, 0.2) is 5.16 Å². The van der Waals surface area contributed by atoms with Crippen molar-refractivity contribution in [3.63, 3.8) is 0 Å². The molecule has 2 N–H and O–H groups in total. The van der Waals surface area contributed by atoms with Crippen molar-refractivity contribution in [1.82, 2.24) is 14.9 Å². The highest BCUT2D eigenvalue weighted by atomic mass is 32.2. The first-order valence-electron chi connectivity index (χ1n) is 11.7. The molecule has 4 rings (SSSR count). The van der Waals surface area contributed by atoms with E-state index in [1.54, 1.807) is 28.0 Å². The normalized spacial score (nSPS) is 12.7. The minimum Gasteiger partial charge on any atom is -0.478 e. The summed E-state index contributed by atoms with van der Waals surface area (Å²) in [6.07, 6.45) is 7.31. The Hall–Kier alpha value is -2.65. The number of hydrogen-bond acceptors (Lipinski definition) is 6. The average Bonchev–Trinajstić information content (AvgIpc) is 3.41. The molecular formula is C25H29N3O4S2. The molecule has 1 aromatic carbocycles. The van der Waals surface area contributed by atoms with Crippen LogP contribution in [0.4, 0.5) is 0 Å². The van der Waals surface area contributed by atoms with Crippen LogP contribution in [0.1, 0.15) is 65.4 Å². The molecule has 0 saturated carbocycles. The van der Waals surface area contributed by atoms with E-state index in [0.29, 0.717) is 18.2 Å². The molecule has 3 aromatic rings. The third-order valence-corrected chi connectivity index (χ3v) is 8.21. The Balaban J connectivity index is 1.45. The van der Waals surface area contributed by atoms with Crippen LogP contribution in [0.25, 0.3) is 10.2 Å². The van der Waals surface area contributed by atoms with Crippen molar-refractivity contribution in [2.45, 2.75) is 70.1 Å². The van der Waals surface area contributed by atoms with E-state index in [-0.39, 0.29) is 22.8 Å². The minimum absolute atomic E-state index is 0.0299. The maximum absolute atomic E-state index is 13.4. The number of carbonyl (C=O) groups is 2. The first-order valence-corrected chi connectivity index (χ1v) is 13.5. The number of benzene rings is 1. The van der Waals surface area contributed by atoms with Crippen LogP contribution in [0.5, 0.6) is 0 Å². The lowest BCUT2D eigenvalue weighted by molar-refractivity contribution is -0.118. The number of nitrogens with one attached hydrogen (secondary N) is 1. The number of amides is 1. The summed E-state index contributed by atoms with van der Waals surface area (Å²) in [5.41, 5.74) is 2.25. The quantitative estimate of drug-likeness (QED) is 0.227. The van der Waals surface area contributed by atoms with Crippen LogP contribution in [-0.4, -0.2) is 32.3 Å². The summed E-state index contributed by atoms with van der Waals surface area (Å²) >= 11 is 2.92. The highest BCUT2D eigenvalue weighted by Gasteiger charge is 2.23. The first kappa shape index (κ1) is 24.5. The van der Waals surface area contributed by atoms with Crippen LogP contribution in [0, 0.1) is 0 Å². The fourth-order valence-corrected chi connectivity index (χ4v) is 6.37. The van der Waals surface area contributed by atoms with Gasteiger partial charge in [0.25, 0.3) is 5.56 Å². The summed E-state index contributed by atoms with van der Waals surface area (Å²) in [5.74, 6) is -0.980. The number of aryl methyl sites for hydroxylation is 2. The van der Waals surface area contributed by atoms with Crippen molar-refractivity contribution < 1.29 is 14.7 Å². The van der Waals surface area contributed by atoms with Crippen LogP contribution in [0.15, 0.2) is 34.2 Å². The van der Waals surface area contributed by atoms with Gasteiger partial charge in [0.2, 0.25) is 5.91 Å². The number of carboxylic acids is 1. The first-order chi connectivity index (χ1) is 16.5. The molecule has 9 heteroatoms. The zero-order chi connectivity index (χ0) is 24.1. The van der Waals surface area contributed by atoms with E-state index in [1.165, 1.54) is 34.3 Å². The summed E-state index contributed by atoms with van der Waals surface area (Å²) in [6.45, 7) is 3.09. The fourth-order valence-electron chi connectivity index (χ4n) is 4.21. The number of thiophene rings is 1. The Labute approximate surface area is 206 Å². The predicted molar refractivity (Wildman–Crippen MR) is 136 cm³/mol. The van der Waals surface area contributed by atoms with Crippen molar-refractivity contribution in [1.29, 1.82) is 0 Å². The molecule has 0 aliphatic heterocycles. The van der Waals surface area contributed by atoms with E-state index in [9.17, 15) is 14.4 Å². The van der Waals surface area contributed by atoms with Crippen LogP contribution < -0.4 is 10.9 Å². The van der Waals surface area contributed by atoms with Gasteiger partial charge in [0.05, 0.1) is 16.7 Å². The van der Waals surface area contributed by atoms with E-state index in [4.69, 9.17) is 10.1 Å². The van der Waals surface area contributed by atoms with Gasteiger partial charge in [-0.15, -0.1) is 11.3 Å². The Kier molecular flexibility index (Phi) is 8.05. The standard InChI is InChI=1S/C25H29N3O4S2/c1-2-3-4-5-13-28-23(30)21-18-7-6-8-19(18)34-22(21)27-25(28)33-15-20(29)26-14-16-9-11-17(12-10-16)24(31)32/h9-12H,2-8,13-15H2,1H3,(H,26,29)(H,31,32). The van der Waals surface area contributed by atoms with Crippen molar-refractivity contribution in [2.24, 2.45) is 0 Å². The van der Waals surface area contributed by atoms with Gasteiger partial charge in [-0.1, -0.05) is 50.1 Å². The molecule has 1 aliphatic rings. The summed E-state index contributed by atoms with van der Waals surface area (Å²) in [4.78, 5) is 43.8. The van der Waals surface area contributed by atoms with E-state index in [1.807, 2.05) is 0 Å². The molecule has 0 saturated heterocycles. The number of aromatic nitrogens is 2. The summed E-state index contributed by atoms with van der Waals surface area (Å²) < 4.78 is 1.77. The maximum atomic E-state index is 13.4. The molecule has 0 bridgehead atoms. The molecule has 2 heterocycles. The number of carbonyl (C=O) groups excluding carboxylic acids is 1. The number of fused-ring (bicyclic) bond motifs is 3. The van der Waals surface area contributed by atoms with Crippen LogP contribution in [-0.2, 0) is 30.7 Å². The predicted octanol–water partition coefficient (Wildman–Crippen LogP) is 4.63. The second-order valence-electron chi connectivity index (χ2n) is 8.52. The lowest BCUT2D eigenvalue weighted by Crippen LogP contribution is -2.27. The number of aromatic carboxylic acids is 1. The molecule has 7 nitrogen and oxygen atoms in total. The van der Waals surface area contributed by atoms with Crippen molar-refractivity contribution in [3.05, 3.63) is 56.2 Å². The molecule has 34 heavy (non-hydrogen) atoms. The van der Waals surface area contributed by atoms with Gasteiger partial charge in [-0.2, -0.15) is 0 Å².